The molecule has 6 heteroatoms. The highest BCUT2D eigenvalue weighted by Gasteiger charge is 2.17. The van der Waals surface area contributed by atoms with E-state index < -0.39 is 0 Å². The largest absolute Gasteiger partial charge is 0.493 e. The van der Waals surface area contributed by atoms with Gasteiger partial charge < -0.3 is 19.3 Å². The van der Waals surface area contributed by atoms with E-state index >= 15 is 0 Å². The van der Waals surface area contributed by atoms with Gasteiger partial charge in [-0.2, -0.15) is 0 Å². The van der Waals surface area contributed by atoms with Gasteiger partial charge >= 0.3 is 0 Å². The molecule has 0 bridgehead atoms. The van der Waals surface area contributed by atoms with Crippen LogP contribution < -0.4 is 10.1 Å². The predicted molar refractivity (Wildman–Crippen MR) is 88.0 cm³/mol. The molecule has 0 spiro atoms. The van der Waals surface area contributed by atoms with Gasteiger partial charge in [-0.15, -0.1) is 0 Å². The number of aromatic nitrogens is 1. The van der Waals surface area contributed by atoms with Crippen LogP contribution in [0.3, 0.4) is 0 Å². The lowest BCUT2D eigenvalue weighted by Crippen LogP contribution is -2.23. The average Bonchev–Trinajstić information content (AvgIpc) is 3.23. The van der Waals surface area contributed by atoms with Crippen LogP contribution in [0.1, 0.15) is 33.8 Å². The predicted octanol–water partition coefficient (Wildman–Crippen LogP) is 2.64. The summed E-state index contributed by atoms with van der Waals surface area (Å²) in [5.41, 5.74) is 2.34. The molecule has 1 atom stereocenters. The highest BCUT2D eigenvalue weighted by Crippen LogP contribution is 2.22. The number of amides is 1. The molecule has 0 aliphatic carbocycles. The molecule has 1 aromatic heterocycles. The Morgan fingerprint density at radius 3 is 2.96 bits per heavy atom. The zero-order chi connectivity index (χ0) is 16.9. The van der Waals surface area contributed by atoms with Crippen molar-refractivity contribution in [2.75, 3.05) is 19.8 Å². The maximum absolute atomic E-state index is 12.1. The Kier molecular flexibility index (Phi) is 5.15. The summed E-state index contributed by atoms with van der Waals surface area (Å²) in [6, 6.07) is 7.59. The zero-order valence-electron chi connectivity index (χ0n) is 14.0. The topological polar surface area (TPSA) is 73.6 Å². The first kappa shape index (κ1) is 16.5. The number of nitrogens with zero attached hydrogens (tertiary/aromatic N) is 1. The fourth-order valence-electron chi connectivity index (χ4n) is 2.60. The Morgan fingerprint density at radius 1 is 1.38 bits per heavy atom. The highest BCUT2D eigenvalue weighted by atomic mass is 16.5. The van der Waals surface area contributed by atoms with Gasteiger partial charge in [0.05, 0.1) is 13.2 Å². The Labute approximate surface area is 141 Å². The summed E-state index contributed by atoms with van der Waals surface area (Å²) in [4.78, 5) is 12.1. The number of ether oxygens (including phenoxy) is 2. The summed E-state index contributed by atoms with van der Waals surface area (Å²) in [6.07, 6.45) is 1.03. The minimum Gasteiger partial charge on any atom is -0.493 e. The molecule has 1 aliphatic rings. The first-order valence-electron chi connectivity index (χ1n) is 8.13. The van der Waals surface area contributed by atoms with Gasteiger partial charge in [0, 0.05) is 30.7 Å². The van der Waals surface area contributed by atoms with E-state index in [0.717, 1.165) is 36.5 Å². The van der Waals surface area contributed by atoms with Crippen LogP contribution in [-0.2, 0) is 11.3 Å². The molecule has 3 rings (SSSR count). The van der Waals surface area contributed by atoms with Gasteiger partial charge in [0.25, 0.3) is 5.91 Å². The van der Waals surface area contributed by atoms with Gasteiger partial charge in [-0.1, -0.05) is 17.3 Å². The lowest BCUT2D eigenvalue weighted by molar-refractivity contribution is 0.0941. The van der Waals surface area contributed by atoms with E-state index in [1.54, 1.807) is 13.0 Å². The lowest BCUT2D eigenvalue weighted by atomic mass is 10.1. The van der Waals surface area contributed by atoms with E-state index in [1.807, 2.05) is 25.1 Å². The van der Waals surface area contributed by atoms with Crippen molar-refractivity contribution in [1.29, 1.82) is 0 Å². The van der Waals surface area contributed by atoms with Crippen molar-refractivity contribution in [2.45, 2.75) is 26.8 Å². The maximum atomic E-state index is 12.1. The SMILES string of the molecule is Cc1ccc(CNC(=O)c2cc(C)on2)c(OC[C@@H]2CCOC2)c1. The molecule has 1 fully saturated rings. The third-order valence-electron chi connectivity index (χ3n) is 4.02. The molecule has 6 nitrogen and oxygen atoms in total. The van der Waals surface area contributed by atoms with Crippen LogP contribution in [0.15, 0.2) is 28.8 Å². The smallest absolute Gasteiger partial charge is 0.273 e. The summed E-state index contributed by atoms with van der Waals surface area (Å²) >= 11 is 0. The number of aryl methyl sites for hydroxylation is 2. The van der Waals surface area contributed by atoms with Gasteiger partial charge in [-0.25, -0.2) is 0 Å². The molecular formula is C18H22N2O4. The van der Waals surface area contributed by atoms with E-state index in [0.29, 0.717) is 24.8 Å². The van der Waals surface area contributed by atoms with Gasteiger partial charge in [0.2, 0.25) is 0 Å². The van der Waals surface area contributed by atoms with Gasteiger partial charge in [0.15, 0.2) is 5.69 Å². The quantitative estimate of drug-likeness (QED) is 0.881. The summed E-state index contributed by atoms with van der Waals surface area (Å²) in [7, 11) is 0. The van der Waals surface area contributed by atoms with Crippen LogP contribution in [0, 0.1) is 19.8 Å². The van der Waals surface area contributed by atoms with Crippen LogP contribution >= 0.6 is 0 Å². The van der Waals surface area contributed by atoms with Crippen molar-refractivity contribution >= 4 is 5.91 Å². The van der Waals surface area contributed by atoms with Crippen LogP contribution in [0.2, 0.25) is 0 Å². The van der Waals surface area contributed by atoms with Crippen LogP contribution in [-0.4, -0.2) is 30.9 Å². The number of carbonyl (C=O) groups excluding carboxylic acids is 1. The third kappa shape index (κ3) is 4.14. The fourth-order valence-corrected chi connectivity index (χ4v) is 2.60. The molecule has 1 amide bonds. The van der Waals surface area contributed by atoms with Gasteiger partial charge in [0.1, 0.15) is 11.5 Å². The Bertz CT molecular complexity index is 705. The van der Waals surface area contributed by atoms with Gasteiger partial charge in [-0.05, 0) is 31.9 Å². The molecule has 1 N–H and O–H groups in total. The molecule has 1 aliphatic heterocycles. The first-order chi connectivity index (χ1) is 11.6. The van der Waals surface area contributed by atoms with E-state index in [-0.39, 0.29) is 11.6 Å². The van der Waals surface area contributed by atoms with E-state index in [2.05, 4.69) is 10.5 Å². The maximum Gasteiger partial charge on any atom is 0.273 e. The molecule has 2 aromatic rings. The number of carbonyl (C=O) groups is 1. The van der Waals surface area contributed by atoms with E-state index in [1.165, 1.54) is 0 Å². The lowest BCUT2D eigenvalue weighted by Gasteiger charge is -2.15. The molecule has 24 heavy (non-hydrogen) atoms. The number of benzene rings is 1. The number of hydrogen-bond donors (Lipinski definition) is 1. The van der Waals surface area contributed by atoms with Crippen molar-refractivity contribution in [3.05, 3.63) is 46.8 Å². The second kappa shape index (κ2) is 7.49. The average molecular weight is 330 g/mol. The standard InChI is InChI=1S/C18H22N2O4/c1-12-3-4-15(9-19-18(21)16-8-13(2)24-20-16)17(7-12)23-11-14-5-6-22-10-14/h3-4,7-8,14H,5-6,9-11H2,1-2H3,(H,19,21)/t14-/m1/s1. The monoisotopic (exact) mass is 330 g/mol. The van der Waals surface area contributed by atoms with Crippen molar-refractivity contribution in [2.24, 2.45) is 5.92 Å². The van der Waals surface area contributed by atoms with E-state index in [4.69, 9.17) is 14.0 Å². The molecule has 0 saturated carbocycles. The van der Waals surface area contributed by atoms with Gasteiger partial charge in [-0.3, -0.25) is 4.79 Å². The molecule has 1 aromatic carbocycles. The molecular weight excluding hydrogens is 308 g/mol. The zero-order valence-corrected chi connectivity index (χ0v) is 14.0. The Morgan fingerprint density at radius 2 is 2.25 bits per heavy atom. The van der Waals surface area contributed by atoms with Crippen LogP contribution in [0.25, 0.3) is 0 Å². The minimum atomic E-state index is -0.262. The second-order valence-corrected chi connectivity index (χ2v) is 6.16. The third-order valence-corrected chi connectivity index (χ3v) is 4.02. The normalized spacial score (nSPS) is 17.0. The fraction of sp³-hybridized carbons (Fsp3) is 0.444. The van der Waals surface area contributed by atoms with Crippen molar-refractivity contribution in [1.82, 2.24) is 10.5 Å². The first-order valence-corrected chi connectivity index (χ1v) is 8.13. The second-order valence-electron chi connectivity index (χ2n) is 6.16. The Hall–Kier alpha value is -2.34. The molecule has 1 saturated heterocycles. The van der Waals surface area contributed by atoms with E-state index in [9.17, 15) is 4.79 Å². The highest BCUT2D eigenvalue weighted by molar-refractivity contribution is 5.92. The number of hydrogen-bond acceptors (Lipinski definition) is 5. The Balaban J connectivity index is 1.62. The number of nitrogens with one attached hydrogen (secondary N) is 1. The summed E-state index contributed by atoms with van der Waals surface area (Å²) in [5.74, 6) is 1.59. The molecule has 2 heterocycles. The van der Waals surface area contributed by atoms with Crippen molar-refractivity contribution in [3.63, 3.8) is 0 Å². The summed E-state index contributed by atoms with van der Waals surface area (Å²) < 4.78 is 16.3. The number of rotatable bonds is 6. The minimum absolute atomic E-state index is 0.262. The van der Waals surface area contributed by atoms with Crippen molar-refractivity contribution in [3.8, 4) is 5.75 Å². The molecule has 0 radical (unpaired) electrons. The van der Waals surface area contributed by atoms with Crippen molar-refractivity contribution < 1.29 is 18.8 Å². The molecule has 128 valence electrons. The van der Waals surface area contributed by atoms with Crippen LogP contribution in [0.4, 0.5) is 0 Å². The molecule has 0 unspecified atom stereocenters. The summed E-state index contributed by atoms with van der Waals surface area (Å²) in [6.45, 7) is 6.34. The summed E-state index contributed by atoms with van der Waals surface area (Å²) in [5, 5.41) is 6.57. The van der Waals surface area contributed by atoms with Crippen LogP contribution in [0.5, 0.6) is 5.75 Å².